The fourth-order valence-corrected chi connectivity index (χ4v) is 8.67. The van der Waals surface area contributed by atoms with Gasteiger partial charge in [0.15, 0.2) is 0 Å². The summed E-state index contributed by atoms with van der Waals surface area (Å²) in [7, 11) is -2.01. The lowest BCUT2D eigenvalue weighted by molar-refractivity contribution is 0.0942. The molecule has 1 aliphatic heterocycles. The van der Waals surface area contributed by atoms with Crippen LogP contribution in [0.1, 0.15) is 88.0 Å². The molecule has 0 radical (unpaired) electrons. The van der Waals surface area contributed by atoms with Crippen molar-refractivity contribution in [2.24, 2.45) is 0 Å². The second kappa shape index (κ2) is 12.2. The molecule has 1 aromatic carbocycles. The lowest BCUT2D eigenvalue weighted by atomic mass is 9.96. The number of carbonyl (C=O) groups excluding carboxylic acids is 2. The Morgan fingerprint density at radius 3 is 2.46 bits per heavy atom. The van der Waals surface area contributed by atoms with E-state index < -0.39 is 10.0 Å². The molecule has 0 atom stereocenters. The maximum Gasteiger partial charge on any atom is 0.281 e. The molecule has 1 fully saturated rings. The number of rotatable bonds is 8. The first kappa shape index (κ1) is 29.6. The van der Waals surface area contributed by atoms with E-state index in [0.29, 0.717) is 16.1 Å². The molecule has 0 unspecified atom stereocenters. The summed E-state index contributed by atoms with van der Waals surface area (Å²) >= 11 is 1.44. The number of nitrogens with zero attached hydrogens (tertiary/aromatic N) is 4. The van der Waals surface area contributed by atoms with Crippen molar-refractivity contribution in [3.63, 3.8) is 0 Å². The summed E-state index contributed by atoms with van der Waals surface area (Å²) in [5.41, 5.74) is 3.29. The summed E-state index contributed by atoms with van der Waals surface area (Å²) < 4.78 is 29.4. The van der Waals surface area contributed by atoms with Crippen LogP contribution >= 0.6 is 11.3 Å². The molecule has 1 N–H and O–H groups in total. The normalized spacial score (nSPS) is 16.6. The van der Waals surface area contributed by atoms with Gasteiger partial charge in [0.2, 0.25) is 10.0 Å². The topological polar surface area (TPSA) is 105 Å². The average Bonchev–Trinajstić information content (AvgIpc) is 3.50. The molecule has 0 spiro atoms. The highest BCUT2D eigenvalue weighted by Crippen LogP contribution is 2.38. The molecule has 5 rings (SSSR count). The summed E-state index contributed by atoms with van der Waals surface area (Å²) in [4.78, 5) is 30.8. The van der Waals surface area contributed by atoms with Gasteiger partial charge in [-0.1, -0.05) is 26.2 Å². The fraction of sp³-hybridized carbons (Fsp3) is 0.500. The van der Waals surface area contributed by atoms with E-state index in [1.165, 1.54) is 44.6 Å². The third kappa shape index (κ3) is 6.04. The molecule has 220 valence electrons. The molecule has 0 bridgehead atoms. The smallest absolute Gasteiger partial charge is 0.281 e. The summed E-state index contributed by atoms with van der Waals surface area (Å²) in [6, 6.07) is 7.93. The third-order valence-corrected chi connectivity index (χ3v) is 11.3. The molecule has 1 saturated carbocycles. The standard InChI is InChI=1S/C30H39N5O4S2/c1-5-16-34-17-15-25-26(19-34)40-29(27(25)30(37)35-21(3)18-20(2)32-35)31-28(36)22-11-13-24(14-12-22)41(38,39)33(4)23-9-7-6-8-10-23/h11-14,18,23H,5-10,15-17,19H2,1-4H3,(H,31,36). The van der Waals surface area contributed by atoms with Crippen LogP contribution in [0.5, 0.6) is 0 Å². The van der Waals surface area contributed by atoms with Gasteiger partial charge in [-0.05, 0) is 82.0 Å². The Morgan fingerprint density at radius 2 is 1.83 bits per heavy atom. The number of benzene rings is 1. The van der Waals surface area contributed by atoms with Crippen LogP contribution in [-0.2, 0) is 23.0 Å². The van der Waals surface area contributed by atoms with Crippen molar-refractivity contribution in [3.05, 3.63) is 63.3 Å². The van der Waals surface area contributed by atoms with Gasteiger partial charge in [-0.2, -0.15) is 9.40 Å². The summed E-state index contributed by atoms with van der Waals surface area (Å²) in [6.07, 6.45) is 6.73. The second-order valence-corrected chi connectivity index (χ2v) is 14.3. The first-order valence-electron chi connectivity index (χ1n) is 14.4. The zero-order valence-corrected chi connectivity index (χ0v) is 25.9. The number of aromatic nitrogens is 2. The van der Waals surface area contributed by atoms with Crippen LogP contribution in [0.4, 0.5) is 5.00 Å². The number of hydrogen-bond acceptors (Lipinski definition) is 7. The van der Waals surface area contributed by atoms with E-state index in [-0.39, 0.29) is 22.8 Å². The van der Waals surface area contributed by atoms with Crippen LogP contribution in [0.25, 0.3) is 0 Å². The van der Waals surface area contributed by atoms with Crippen LogP contribution in [0.3, 0.4) is 0 Å². The van der Waals surface area contributed by atoms with E-state index in [9.17, 15) is 18.0 Å². The van der Waals surface area contributed by atoms with Crippen molar-refractivity contribution >= 4 is 38.2 Å². The van der Waals surface area contributed by atoms with Crippen molar-refractivity contribution < 1.29 is 18.0 Å². The van der Waals surface area contributed by atoms with Gasteiger partial charge in [0, 0.05) is 42.3 Å². The quantitative estimate of drug-likeness (QED) is 0.382. The Balaban J connectivity index is 1.40. The van der Waals surface area contributed by atoms with E-state index in [1.807, 2.05) is 19.9 Å². The Bertz CT molecular complexity index is 1540. The number of carbonyl (C=O) groups is 2. The number of thiophene rings is 1. The number of aryl methyl sites for hydroxylation is 2. The minimum Gasteiger partial charge on any atom is -0.313 e. The van der Waals surface area contributed by atoms with Crippen LogP contribution in [-0.4, -0.2) is 65.4 Å². The Hall–Kier alpha value is -2.86. The van der Waals surface area contributed by atoms with Crippen molar-refractivity contribution in [3.8, 4) is 0 Å². The molecule has 1 amide bonds. The van der Waals surface area contributed by atoms with Gasteiger partial charge in [-0.3, -0.25) is 14.5 Å². The number of nitrogens with one attached hydrogen (secondary N) is 1. The second-order valence-electron chi connectivity index (χ2n) is 11.2. The monoisotopic (exact) mass is 597 g/mol. The molecule has 3 aromatic rings. The van der Waals surface area contributed by atoms with Gasteiger partial charge in [0.05, 0.1) is 16.2 Å². The predicted molar refractivity (Wildman–Crippen MR) is 161 cm³/mol. The molecule has 1 aliphatic carbocycles. The van der Waals surface area contributed by atoms with Crippen molar-refractivity contribution in [1.82, 2.24) is 19.0 Å². The van der Waals surface area contributed by atoms with Crippen LogP contribution in [0.15, 0.2) is 35.2 Å². The van der Waals surface area contributed by atoms with E-state index in [1.54, 1.807) is 7.05 Å². The molecule has 9 nitrogen and oxygen atoms in total. The summed E-state index contributed by atoms with van der Waals surface area (Å²) in [6.45, 7) is 8.42. The fourth-order valence-electron chi connectivity index (χ4n) is 5.98. The van der Waals surface area contributed by atoms with Gasteiger partial charge >= 0.3 is 0 Å². The molecular weight excluding hydrogens is 558 g/mol. The number of fused-ring (bicyclic) bond motifs is 1. The highest BCUT2D eigenvalue weighted by Gasteiger charge is 2.31. The number of anilines is 1. The molecule has 41 heavy (non-hydrogen) atoms. The van der Waals surface area contributed by atoms with Crippen molar-refractivity contribution in [2.75, 3.05) is 25.5 Å². The summed E-state index contributed by atoms with van der Waals surface area (Å²) in [5.74, 6) is -0.638. The molecule has 2 aliphatic rings. The van der Waals surface area contributed by atoms with Gasteiger partial charge < -0.3 is 5.32 Å². The number of amides is 1. The number of hydrogen-bond donors (Lipinski definition) is 1. The molecule has 0 saturated heterocycles. The van der Waals surface area contributed by atoms with Crippen LogP contribution in [0, 0.1) is 13.8 Å². The minimum absolute atomic E-state index is 0.00741. The van der Waals surface area contributed by atoms with Gasteiger partial charge in [0.1, 0.15) is 5.00 Å². The predicted octanol–water partition coefficient (Wildman–Crippen LogP) is 5.22. The Morgan fingerprint density at radius 1 is 1.12 bits per heavy atom. The lowest BCUT2D eigenvalue weighted by Crippen LogP contribution is -2.38. The largest absolute Gasteiger partial charge is 0.313 e. The first-order chi connectivity index (χ1) is 19.6. The van der Waals surface area contributed by atoms with E-state index in [0.717, 1.165) is 86.4 Å². The van der Waals surface area contributed by atoms with Crippen LogP contribution < -0.4 is 5.32 Å². The average molecular weight is 598 g/mol. The van der Waals surface area contributed by atoms with Gasteiger partial charge in [-0.15, -0.1) is 11.3 Å². The highest BCUT2D eigenvalue weighted by molar-refractivity contribution is 7.89. The Labute approximate surface area is 246 Å². The summed E-state index contributed by atoms with van der Waals surface area (Å²) in [5, 5.41) is 7.89. The zero-order valence-electron chi connectivity index (χ0n) is 24.3. The minimum atomic E-state index is -3.66. The molecule has 2 aromatic heterocycles. The highest BCUT2D eigenvalue weighted by atomic mass is 32.2. The molecular formula is C30H39N5O4S2. The van der Waals surface area contributed by atoms with Crippen LogP contribution in [0.2, 0.25) is 0 Å². The van der Waals surface area contributed by atoms with E-state index >= 15 is 0 Å². The third-order valence-electron chi connectivity index (χ3n) is 8.20. The van der Waals surface area contributed by atoms with Gasteiger partial charge in [0.25, 0.3) is 11.8 Å². The van der Waals surface area contributed by atoms with Crippen molar-refractivity contribution in [1.29, 1.82) is 0 Å². The SMILES string of the molecule is CCCN1CCc2c(sc(NC(=O)c3ccc(S(=O)(=O)N(C)C4CCCCC4)cc3)c2C(=O)n2nc(C)cc2C)C1. The molecule has 11 heteroatoms. The van der Waals surface area contributed by atoms with E-state index in [2.05, 4.69) is 22.2 Å². The number of sulfonamides is 1. The first-order valence-corrected chi connectivity index (χ1v) is 16.7. The van der Waals surface area contributed by atoms with Gasteiger partial charge in [-0.25, -0.2) is 13.1 Å². The maximum atomic E-state index is 13.8. The Kier molecular flexibility index (Phi) is 8.79. The zero-order chi connectivity index (χ0) is 29.3. The molecule has 3 heterocycles. The maximum absolute atomic E-state index is 13.8. The van der Waals surface area contributed by atoms with Crippen molar-refractivity contribution in [2.45, 2.75) is 83.2 Å². The lowest BCUT2D eigenvalue weighted by Gasteiger charge is -2.30. The van der Waals surface area contributed by atoms with E-state index in [4.69, 9.17) is 0 Å².